The first-order valence-electron chi connectivity index (χ1n) is 3.64. The lowest BCUT2D eigenvalue weighted by atomic mass is 10.1. The minimum absolute atomic E-state index is 0.0311. The first-order chi connectivity index (χ1) is 5.52. The Bertz CT molecular complexity index is 165. The molecule has 0 radical (unpaired) electrons. The van der Waals surface area contributed by atoms with Crippen molar-refractivity contribution in [3.05, 3.63) is 0 Å². The van der Waals surface area contributed by atoms with Gasteiger partial charge in [0.2, 0.25) is 0 Å². The summed E-state index contributed by atoms with van der Waals surface area (Å²) in [5.74, 6) is -2.00. The van der Waals surface area contributed by atoms with Crippen molar-refractivity contribution in [1.82, 2.24) is 0 Å². The summed E-state index contributed by atoms with van der Waals surface area (Å²) >= 11 is 0. The number of carbonyl (C=O) groups is 2. The van der Waals surface area contributed by atoms with Gasteiger partial charge in [-0.1, -0.05) is 0 Å². The van der Waals surface area contributed by atoms with E-state index in [9.17, 15) is 9.59 Å². The summed E-state index contributed by atoms with van der Waals surface area (Å²) in [4.78, 5) is 20.0. The van der Waals surface area contributed by atoms with Crippen LogP contribution in [0.2, 0.25) is 0 Å². The van der Waals surface area contributed by atoms with E-state index in [1.54, 1.807) is 0 Å². The van der Waals surface area contributed by atoms with Crippen LogP contribution in [0.25, 0.3) is 0 Å². The van der Waals surface area contributed by atoms with Crippen molar-refractivity contribution in [2.24, 2.45) is 0 Å². The molecule has 0 aliphatic heterocycles. The van der Waals surface area contributed by atoms with Crippen LogP contribution in [0, 0.1) is 0 Å². The van der Waals surface area contributed by atoms with E-state index in [2.05, 4.69) is 0 Å². The van der Waals surface area contributed by atoms with Gasteiger partial charge in [0.15, 0.2) is 0 Å². The molecule has 0 saturated carbocycles. The Balaban J connectivity index is 3.37. The summed E-state index contributed by atoms with van der Waals surface area (Å²) in [6, 6.07) is 0. The highest BCUT2D eigenvalue weighted by Gasteiger charge is 2.09. The molecule has 1 atom stereocenters. The molecule has 5 nitrogen and oxygen atoms in total. The van der Waals surface area contributed by atoms with Gasteiger partial charge in [-0.05, 0) is 12.8 Å². The van der Waals surface area contributed by atoms with Gasteiger partial charge in [-0.3, -0.25) is 9.59 Å². The zero-order chi connectivity index (χ0) is 9.56. The zero-order valence-corrected chi connectivity index (χ0v) is 6.56. The Hall–Kier alpha value is -1.10. The minimum atomic E-state index is -1.07. The van der Waals surface area contributed by atoms with E-state index in [1.165, 1.54) is 0 Å². The smallest absolute Gasteiger partial charge is 0.305 e. The molecular weight excluding hydrogens is 164 g/mol. The van der Waals surface area contributed by atoms with Crippen LogP contribution in [-0.2, 0) is 9.59 Å². The first-order valence-corrected chi connectivity index (χ1v) is 3.64. The number of aliphatic carboxylic acids is 2. The summed E-state index contributed by atoms with van der Waals surface area (Å²) < 4.78 is 0. The average molecular weight is 176 g/mol. The van der Waals surface area contributed by atoms with E-state index in [1.807, 2.05) is 0 Å². The number of carboxylic acids is 2. The van der Waals surface area contributed by atoms with Crippen LogP contribution in [0.5, 0.6) is 0 Å². The van der Waals surface area contributed by atoms with Gasteiger partial charge < -0.3 is 15.3 Å². The summed E-state index contributed by atoms with van der Waals surface area (Å²) in [6.07, 6.45) is -0.750. The molecule has 0 aliphatic carbocycles. The van der Waals surface area contributed by atoms with Crippen molar-refractivity contribution < 1.29 is 24.9 Å². The lowest BCUT2D eigenvalue weighted by molar-refractivity contribution is -0.139. The molecule has 0 heterocycles. The molecule has 0 fully saturated rings. The Labute approximate surface area is 69.6 Å². The molecule has 12 heavy (non-hydrogen) atoms. The number of hydrogen-bond donors (Lipinski definition) is 3. The van der Waals surface area contributed by atoms with Crippen LogP contribution < -0.4 is 0 Å². The summed E-state index contributed by atoms with van der Waals surface area (Å²) in [5.41, 5.74) is 0. The predicted molar refractivity (Wildman–Crippen MR) is 39.7 cm³/mol. The highest BCUT2D eigenvalue weighted by atomic mass is 16.4. The van der Waals surface area contributed by atoms with Crippen molar-refractivity contribution in [2.45, 2.75) is 31.8 Å². The summed E-state index contributed by atoms with van der Waals surface area (Å²) in [7, 11) is 0. The number of carboxylic acid groups (broad SMARTS) is 2. The van der Waals surface area contributed by atoms with Gasteiger partial charge >= 0.3 is 11.9 Å². The van der Waals surface area contributed by atoms with Crippen LogP contribution in [0.1, 0.15) is 25.7 Å². The van der Waals surface area contributed by atoms with Gasteiger partial charge in [0.25, 0.3) is 0 Å². The van der Waals surface area contributed by atoms with Gasteiger partial charge in [0.1, 0.15) is 0 Å². The second-order valence-corrected chi connectivity index (χ2v) is 2.54. The Morgan fingerprint density at radius 3 is 2.17 bits per heavy atom. The predicted octanol–water partition coefficient (Wildman–Crippen LogP) is 0.0769. The zero-order valence-electron chi connectivity index (χ0n) is 6.56. The van der Waals surface area contributed by atoms with Gasteiger partial charge in [0.05, 0.1) is 12.5 Å². The maximum atomic E-state index is 10.0. The van der Waals surface area contributed by atoms with Crippen LogP contribution in [-0.4, -0.2) is 33.4 Å². The topological polar surface area (TPSA) is 94.8 Å². The molecule has 0 spiro atoms. The monoisotopic (exact) mass is 176 g/mol. The molecule has 0 amide bonds. The van der Waals surface area contributed by atoms with E-state index in [4.69, 9.17) is 15.3 Å². The molecule has 0 aliphatic rings. The van der Waals surface area contributed by atoms with Gasteiger partial charge in [0, 0.05) is 6.42 Å². The van der Waals surface area contributed by atoms with Crippen LogP contribution in [0.4, 0.5) is 0 Å². The molecule has 0 aromatic heterocycles. The number of aliphatic hydroxyl groups excluding tert-OH is 1. The average Bonchev–Trinajstić information content (AvgIpc) is 1.84. The minimum Gasteiger partial charge on any atom is -0.481 e. The summed E-state index contributed by atoms with van der Waals surface area (Å²) in [6.45, 7) is 0. The van der Waals surface area contributed by atoms with Crippen molar-refractivity contribution >= 4 is 11.9 Å². The fourth-order valence-corrected chi connectivity index (χ4v) is 0.793. The molecule has 0 aromatic carbocycles. The molecule has 0 saturated heterocycles. The van der Waals surface area contributed by atoms with E-state index < -0.39 is 18.0 Å². The van der Waals surface area contributed by atoms with E-state index in [0.29, 0.717) is 6.42 Å². The van der Waals surface area contributed by atoms with Gasteiger partial charge in [-0.15, -0.1) is 0 Å². The standard InChI is InChI=1S/C7H12O5/c8-5(4-7(11)12)2-1-3-6(9)10/h5,8H,1-4H2,(H,9,10)(H,11,12)/t5-/m1/s1. The van der Waals surface area contributed by atoms with Crippen LogP contribution >= 0.6 is 0 Å². The molecule has 0 bridgehead atoms. The van der Waals surface area contributed by atoms with E-state index >= 15 is 0 Å². The molecule has 0 rings (SSSR count). The first kappa shape index (κ1) is 10.9. The molecule has 70 valence electrons. The third kappa shape index (κ3) is 7.01. The third-order valence-electron chi connectivity index (χ3n) is 1.34. The maximum Gasteiger partial charge on any atom is 0.305 e. The molecule has 0 unspecified atom stereocenters. The maximum absolute atomic E-state index is 10.0. The third-order valence-corrected chi connectivity index (χ3v) is 1.34. The second-order valence-electron chi connectivity index (χ2n) is 2.54. The molecular formula is C7H12O5. The van der Waals surface area contributed by atoms with Crippen LogP contribution in [0.15, 0.2) is 0 Å². The van der Waals surface area contributed by atoms with Crippen molar-refractivity contribution in [3.63, 3.8) is 0 Å². The van der Waals surface area contributed by atoms with Gasteiger partial charge in [-0.2, -0.15) is 0 Å². The quantitative estimate of drug-likeness (QED) is 0.532. The Kier molecular flexibility index (Phi) is 5.03. The summed E-state index contributed by atoms with van der Waals surface area (Å²) in [5, 5.41) is 25.4. The fraction of sp³-hybridized carbons (Fsp3) is 0.714. The largest absolute Gasteiger partial charge is 0.481 e. The Morgan fingerprint density at radius 2 is 1.75 bits per heavy atom. The Morgan fingerprint density at radius 1 is 1.17 bits per heavy atom. The lowest BCUT2D eigenvalue weighted by Gasteiger charge is -2.05. The molecule has 0 aromatic rings. The number of hydrogen-bond acceptors (Lipinski definition) is 3. The van der Waals surface area contributed by atoms with Gasteiger partial charge in [-0.25, -0.2) is 0 Å². The molecule has 5 heteroatoms. The highest BCUT2D eigenvalue weighted by molar-refractivity contribution is 5.67. The van der Waals surface area contributed by atoms with Crippen molar-refractivity contribution in [3.8, 4) is 0 Å². The van der Waals surface area contributed by atoms with E-state index in [-0.39, 0.29) is 19.3 Å². The molecule has 3 N–H and O–H groups in total. The van der Waals surface area contributed by atoms with Crippen LogP contribution in [0.3, 0.4) is 0 Å². The lowest BCUT2D eigenvalue weighted by Crippen LogP contribution is -2.13. The van der Waals surface area contributed by atoms with E-state index in [0.717, 1.165) is 0 Å². The van der Waals surface area contributed by atoms with Crippen molar-refractivity contribution in [2.75, 3.05) is 0 Å². The number of rotatable bonds is 6. The highest BCUT2D eigenvalue weighted by Crippen LogP contribution is 2.04. The fourth-order valence-electron chi connectivity index (χ4n) is 0.793. The second kappa shape index (κ2) is 5.54. The SMILES string of the molecule is O=C(O)CCC[C@@H](O)CC(=O)O. The van der Waals surface area contributed by atoms with Crippen molar-refractivity contribution in [1.29, 1.82) is 0 Å². The normalized spacial score (nSPS) is 12.4. The number of aliphatic hydroxyl groups is 1.